The highest BCUT2D eigenvalue weighted by molar-refractivity contribution is 7.15. The highest BCUT2D eigenvalue weighted by Crippen LogP contribution is 2.60. The van der Waals surface area contributed by atoms with E-state index < -0.39 is 5.41 Å². The molecule has 0 aromatic carbocycles. The van der Waals surface area contributed by atoms with Gasteiger partial charge < -0.3 is 5.32 Å². The number of fused-ring (bicyclic) bond motifs is 2. The minimum Gasteiger partial charge on any atom is -0.300 e. The number of anilines is 1. The molecule has 1 aliphatic heterocycles. The number of aromatic nitrogens is 2. The largest absolute Gasteiger partial charge is 0.300 e. The minimum atomic E-state index is -0.532. The molecule has 2 atom stereocenters. The van der Waals surface area contributed by atoms with Crippen LogP contribution in [-0.2, 0) is 14.4 Å². The van der Waals surface area contributed by atoms with E-state index in [0.29, 0.717) is 11.0 Å². The number of nitrogens with one attached hydrogen (secondary N) is 1. The van der Waals surface area contributed by atoms with E-state index in [-0.39, 0.29) is 42.0 Å². The highest BCUT2D eigenvalue weighted by atomic mass is 32.1. The third-order valence-corrected chi connectivity index (χ3v) is 8.71. The molecule has 1 N–H and O–H groups in total. The fourth-order valence-corrected chi connectivity index (χ4v) is 6.24. The van der Waals surface area contributed by atoms with Crippen molar-refractivity contribution in [3.8, 4) is 0 Å². The molecule has 0 radical (unpaired) electrons. The van der Waals surface area contributed by atoms with Gasteiger partial charge in [0.25, 0.3) is 0 Å². The molecule has 0 spiro atoms. The lowest BCUT2D eigenvalue weighted by atomic mass is 9.62. The van der Waals surface area contributed by atoms with Gasteiger partial charge in [0.05, 0.1) is 5.41 Å². The Morgan fingerprint density at radius 1 is 1.14 bits per heavy atom. The molecule has 3 amide bonds. The van der Waals surface area contributed by atoms with Crippen molar-refractivity contribution in [1.82, 2.24) is 15.1 Å². The zero-order valence-corrected chi connectivity index (χ0v) is 18.3. The van der Waals surface area contributed by atoms with Crippen molar-refractivity contribution in [1.29, 1.82) is 0 Å². The average Bonchev–Trinajstić information content (AvgIpc) is 3.22. The molecule has 1 saturated heterocycles. The summed E-state index contributed by atoms with van der Waals surface area (Å²) in [6.07, 6.45) is 7.55. The maximum Gasteiger partial charge on any atom is 0.235 e. The maximum atomic E-state index is 13.0. The number of amides is 3. The summed E-state index contributed by atoms with van der Waals surface area (Å²) in [4.78, 5) is 39.6. The predicted octanol–water partition coefficient (Wildman–Crippen LogP) is 3.73. The van der Waals surface area contributed by atoms with Gasteiger partial charge in [-0.2, -0.15) is 0 Å². The normalized spacial score (nSPS) is 29.3. The summed E-state index contributed by atoms with van der Waals surface area (Å²) in [6.45, 7) is 6.12. The monoisotopic (exact) mass is 418 g/mol. The van der Waals surface area contributed by atoms with Gasteiger partial charge in [0.2, 0.25) is 22.9 Å². The number of nitrogens with zero attached hydrogens (tertiary/aromatic N) is 3. The molecule has 7 nitrogen and oxygen atoms in total. The molecular formula is C21H30N4O3S. The van der Waals surface area contributed by atoms with Crippen molar-refractivity contribution in [3.63, 3.8) is 0 Å². The summed E-state index contributed by atoms with van der Waals surface area (Å²) in [5, 5.41) is 12.6. The smallest absolute Gasteiger partial charge is 0.235 e. The summed E-state index contributed by atoms with van der Waals surface area (Å²) in [7, 11) is 0. The summed E-state index contributed by atoms with van der Waals surface area (Å²) in [5.41, 5.74) is -0.863. The second-order valence-corrected chi connectivity index (χ2v) is 10.5. The van der Waals surface area contributed by atoms with Gasteiger partial charge in [0.15, 0.2) is 0 Å². The Morgan fingerprint density at radius 3 is 2.59 bits per heavy atom. The SMILES string of the molecule is CC12CCC(C(=O)N(CCC(=O)Nc3nnc(C4CCCCC4)s3)C1=O)C2(C)C. The minimum absolute atomic E-state index is 0.0824. The first-order valence-corrected chi connectivity index (χ1v) is 11.5. The number of carbonyl (C=O) groups is 3. The van der Waals surface area contributed by atoms with Crippen LogP contribution in [0.5, 0.6) is 0 Å². The molecule has 3 aliphatic rings. The van der Waals surface area contributed by atoms with E-state index in [9.17, 15) is 14.4 Å². The summed E-state index contributed by atoms with van der Waals surface area (Å²) in [5.74, 6) is -0.188. The number of rotatable bonds is 5. The lowest BCUT2D eigenvalue weighted by Gasteiger charge is -2.47. The van der Waals surface area contributed by atoms with E-state index in [1.54, 1.807) is 0 Å². The third-order valence-electron chi connectivity index (χ3n) is 7.71. The molecule has 4 rings (SSSR count). The van der Waals surface area contributed by atoms with E-state index in [2.05, 4.69) is 15.5 Å². The number of piperidine rings is 1. The number of likely N-dealkylation sites (tertiary alicyclic amines) is 1. The van der Waals surface area contributed by atoms with Crippen molar-refractivity contribution in [2.24, 2.45) is 16.7 Å². The summed E-state index contributed by atoms with van der Waals surface area (Å²) in [6, 6.07) is 0. The predicted molar refractivity (Wildman–Crippen MR) is 110 cm³/mol. The maximum absolute atomic E-state index is 13.0. The Bertz CT molecular complexity index is 830. The fraction of sp³-hybridized carbons (Fsp3) is 0.762. The first kappa shape index (κ1) is 20.4. The molecule has 1 aromatic rings. The summed E-state index contributed by atoms with van der Waals surface area (Å²) < 4.78 is 0. The van der Waals surface area contributed by atoms with Gasteiger partial charge in [-0.05, 0) is 31.1 Å². The molecule has 29 heavy (non-hydrogen) atoms. The van der Waals surface area contributed by atoms with E-state index in [1.807, 2.05) is 20.8 Å². The topological polar surface area (TPSA) is 92.3 Å². The third kappa shape index (κ3) is 3.39. The Labute approximate surface area is 175 Å². The van der Waals surface area contributed by atoms with E-state index >= 15 is 0 Å². The number of carbonyl (C=O) groups excluding carboxylic acids is 3. The van der Waals surface area contributed by atoms with E-state index in [1.165, 1.54) is 35.5 Å². The number of imide groups is 1. The van der Waals surface area contributed by atoms with Crippen LogP contribution in [0.3, 0.4) is 0 Å². The zero-order chi connectivity index (χ0) is 20.8. The van der Waals surface area contributed by atoms with Crippen LogP contribution in [0.4, 0.5) is 5.13 Å². The van der Waals surface area contributed by atoms with Gasteiger partial charge in [-0.25, -0.2) is 0 Å². The van der Waals surface area contributed by atoms with Crippen LogP contribution < -0.4 is 5.32 Å². The van der Waals surface area contributed by atoms with Crippen LogP contribution in [0, 0.1) is 16.7 Å². The van der Waals surface area contributed by atoms with Gasteiger partial charge in [-0.15, -0.1) is 10.2 Å². The number of hydrogen-bond donors (Lipinski definition) is 1. The molecule has 2 heterocycles. The molecule has 2 bridgehead atoms. The standard InChI is InChI=1S/C21H30N4O3S/c1-20(2)14-9-11-21(20,3)18(28)25(17(14)27)12-10-15(26)22-19-24-23-16(29-19)13-7-5-4-6-8-13/h13-14H,4-12H2,1-3H3,(H,22,24,26). The van der Waals surface area contributed by atoms with Crippen LogP contribution >= 0.6 is 11.3 Å². The van der Waals surface area contributed by atoms with Gasteiger partial charge in [0.1, 0.15) is 5.01 Å². The molecule has 2 saturated carbocycles. The molecule has 2 aliphatic carbocycles. The van der Waals surface area contributed by atoms with Gasteiger partial charge >= 0.3 is 0 Å². The van der Waals surface area contributed by atoms with E-state index in [0.717, 1.165) is 30.7 Å². The quantitative estimate of drug-likeness (QED) is 0.736. The first-order chi connectivity index (χ1) is 13.7. The Balaban J connectivity index is 1.35. The van der Waals surface area contributed by atoms with Crippen LogP contribution in [0.1, 0.15) is 83.1 Å². The van der Waals surface area contributed by atoms with Crippen molar-refractivity contribution < 1.29 is 14.4 Å². The van der Waals surface area contributed by atoms with Crippen LogP contribution in [0.15, 0.2) is 0 Å². The van der Waals surface area contributed by atoms with Crippen molar-refractivity contribution in [3.05, 3.63) is 5.01 Å². The summed E-state index contributed by atoms with van der Waals surface area (Å²) >= 11 is 1.44. The van der Waals surface area contributed by atoms with Gasteiger partial charge in [0, 0.05) is 24.8 Å². The molecule has 1 aromatic heterocycles. The van der Waals surface area contributed by atoms with Crippen LogP contribution in [0.2, 0.25) is 0 Å². The molecular weight excluding hydrogens is 388 g/mol. The molecule has 158 valence electrons. The average molecular weight is 419 g/mol. The lowest BCUT2D eigenvalue weighted by molar-refractivity contribution is -0.167. The second-order valence-electron chi connectivity index (χ2n) is 9.52. The molecule has 3 fully saturated rings. The molecule has 8 heteroatoms. The van der Waals surface area contributed by atoms with E-state index in [4.69, 9.17) is 0 Å². The number of hydrogen-bond acceptors (Lipinski definition) is 6. The highest BCUT2D eigenvalue weighted by Gasteiger charge is 2.64. The Kier molecular flexibility index (Phi) is 5.25. The second kappa shape index (κ2) is 7.45. The van der Waals surface area contributed by atoms with Crippen molar-refractivity contribution in [2.45, 2.75) is 78.1 Å². The zero-order valence-electron chi connectivity index (χ0n) is 17.5. The lowest BCUT2D eigenvalue weighted by Crippen LogP contribution is -2.59. The van der Waals surface area contributed by atoms with Gasteiger partial charge in [-0.3, -0.25) is 19.3 Å². The fourth-order valence-electron chi connectivity index (χ4n) is 5.31. The van der Waals surface area contributed by atoms with Crippen molar-refractivity contribution in [2.75, 3.05) is 11.9 Å². The Hall–Kier alpha value is -1.83. The van der Waals surface area contributed by atoms with Crippen LogP contribution in [0.25, 0.3) is 0 Å². The van der Waals surface area contributed by atoms with Gasteiger partial charge in [-0.1, -0.05) is 51.4 Å². The first-order valence-electron chi connectivity index (χ1n) is 10.7. The Morgan fingerprint density at radius 2 is 1.86 bits per heavy atom. The van der Waals surface area contributed by atoms with Crippen molar-refractivity contribution >= 4 is 34.2 Å². The molecule has 2 unspecified atom stereocenters. The van der Waals surface area contributed by atoms with Crippen LogP contribution in [-0.4, -0.2) is 39.4 Å².